The summed E-state index contributed by atoms with van der Waals surface area (Å²) in [5.41, 5.74) is 0.983. The van der Waals surface area contributed by atoms with E-state index >= 15 is 0 Å². The van der Waals surface area contributed by atoms with Crippen LogP contribution in [-0.2, 0) is 21.4 Å². The Labute approximate surface area is 119 Å². The fraction of sp³-hybridized carbons (Fsp3) is 0.538. The molecule has 0 bridgehead atoms. The van der Waals surface area contributed by atoms with Gasteiger partial charge in [0, 0.05) is 13.1 Å². The smallest absolute Gasteiger partial charge is 0.279 e. The number of hydrogen-bond acceptors (Lipinski definition) is 4. The molecular formula is C13H20N2O4S. The first-order valence-electron chi connectivity index (χ1n) is 6.62. The molecule has 2 N–H and O–H groups in total. The second kappa shape index (κ2) is 7.14. The number of hydrogen-bond donors (Lipinski definition) is 2. The van der Waals surface area contributed by atoms with Gasteiger partial charge in [0.25, 0.3) is 10.2 Å². The Bertz CT molecular complexity index is 500. The summed E-state index contributed by atoms with van der Waals surface area (Å²) in [4.78, 5) is 0. The minimum atomic E-state index is -3.57. The van der Waals surface area contributed by atoms with Crippen LogP contribution in [0.4, 0.5) is 0 Å². The summed E-state index contributed by atoms with van der Waals surface area (Å²) in [6.07, 6.45) is 0.459. The molecule has 0 amide bonds. The van der Waals surface area contributed by atoms with E-state index in [1.54, 1.807) is 0 Å². The highest BCUT2D eigenvalue weighted by molar-refractivity contribution is 7.87. The van der Waals surface area contributed by atoms with Crippen LogP contribution in [-0.4, -0.2) is 56.8 Å². The number of aliphatic hydroxyl groups is 1. The molecule has 1 aliphatic rings. The highest BCUT2D eigenvalue weighted by atomic mass is 32.2. The van der Waals surface area contributed by atoms with E-state index in [0.717, 1.165) is 5.56 Å². The van der Waals surface area contributed by atoms with Crippen molar-refractivity contribution in [2.24, 2.45) is 0 Å². The third-order valence-electron chi connectivity index (χ3n) is 3.17. The Kier molecular flexibility index (Phi) is 5.50. The third-order valence-corrected chi connectivity index (χ3v) is 4.85. The number of morpholine rings is 1. The van der Waals surface area contributed by atoms with Crippen molar-refractivity contribution in [3.05, 3.63) is 35.9 Å². The Morgan fingerprint density at radius 1 is 1.25 bits per heavy atom. The van der Waals surface area contributed by atoms with Crippen molar-refractivity contribution in [2.45, 2.75) is 12.5 Å². The monoisotopic (exact) mass is 300 g/mol. The average Bonchev–Trinajstić information content (AvgIpc) is 2.48. The molecule has 2 rings (SSSR count). The zero-order valence-electron chi connectivity index (χ0n) is 11.2. The topological polar surface area (TPSA) is 78.9 Å². The maximum absolute atomic E-state index is 12.2. The summed E-state index contributed by atoms with van der Waals surface area (Å²) in [7, 11) is -3.57. The van der Waals surface area contributed by atoms with Crippen LogP contribution >= 0.6 is 0 Å². The summed E-state index contributed by atoms with van der Waals surface area (Å²) >= 11 is 0. The highest BCUT2D eigenvalue weighted by Gasteiger charge is 2.26. The van der Waals surface area contributed by atoms with Crippen molar-refractivity contribution < 1.29 is 18.3 Å². The minimum Gasteiger partial charge on any atom is -0.395 e. The Morgan fingerprint density at radius 3 is 2.50 bits per heavy atom. The predicted octanol–water partition coefficient (Wildman–Crippen LogP) is -0.243. The normalized spacial score (nSPS) is 18.9. The number of ether oxygens (including phenoxy) is 1. The van der Waals surface area contributed by atoms with E-state index in [1.807, 2.05) is 30.3 Å². The van der Waals surface area contributed by atoms with Crippen LogP contribution in [0.3, 0.4) is 0 Å². The third kappa shape index (κ3) is 4.26. The van der Waals surface area contributed by atoms with Gasteiger partial charge in [-0.15, -0.1) is 0 Å². The number of rotatable bonds is 6. The largest absolute Gasteiger partial charge is 0.395 e. The maximum Gasteiger partial charge on any atom is 0.279 e. The van der Waals surface area contributed by atoms with Crippen molar-refractivity contribution >= 4 is 10.2 Å². The second-order valence-corrected chi connectivity index (χ2v) is 6.41. The van der Waals surface area contributed by atoms with E-state index < -0.39 is 16.3 Å². The van der Waals surface area contributed by atoms with Gasteiger partial charge in [-0.2, -0.15) is 17.4 Å². The van der Waals surface area contributed by atoms with Crippen LogP contribution in [0.2, 0.25) is 0 Å². The van der Waals surface area contributed by atoms with Gasteiger partial charge < -0.3 is 9.84 Å². The average molecular weight is 300 g/mol. The first-order valence-corrected chi connectivity index (χ1v) is 8.06. The van der Waals surface area contributed by atoms with Gasteiger partial charge in [0.2, 0.25) is 0 Å². The number of nitrogens with one attached hydrogen (secondary N) is 1. The molecule has 1 saturated heterocycles. The standard InChI is InChI=1S/C13H20N2O4S/c16-11-13(10-12-4-2-1-3-5-12)14-20(17,18)15-6-8-19-9-7-15/h1-5,13-14,16H,6-11H2/t13-/m1/s1. The zero-order valence-corrected chi connectivity index (χ0v) is 12.1. The van der Waals surface area contributed by atoms with Gasteiger partial charge >= 0.3 is 0 Å². The zero-order chi connectivity index (χ0) is 14.4. The van der Waals surface area contributed by atoms with Crippen molar-refractivity contribution in [1.29, 1.82) is 0 Å². The van der Waals surface area contributed by atoms with Crippen LogP contribution in [0.1, 0.15) is 5.56 Å². The SMILES string of the molecule is O=S(=O)(N[C@@H](CO)Cc1ccccc1)N1CCOCC1. The molecule has 1 fully saturated rings. The lowest BCUT2D eigenvalue weighted by atomic mass is 10.1. The molecule has 20 heavy (non-hydrogen) atoms. The van der Waals surface area contributed by atoms with Gasteiger partial charge in [-0.1, -0.05) is 30.3 Å². The van der Waals surface area contributed by atoms with E-state index in [-0.39, 0.29) is 6.61 Å². The molecule has 0 spiro atoms. The van der Waals surface area contributed by atoms with Crippen molar-refractivity contribution in [3.63, 3.8) is 0 Å². The van der Waals surface area contributed by atoms with Gasteiger partial charge in [0.1, 0.15) is 0 Å². The molecule has 0 aromatic heterocycles. The Morgan fingerprint density at radius 2 is 1.90 bits per heavy atom. The summed E-state index contributed by atoms with van der Waals surface area (Å²) in [5, 5.41) is 9.38. The first kappa shape index (κ1) is 15.4. The fourth-order valence-corrected chi connectivity index (χ4v) is 3.47. The van der Waals surface area contributed by atoms with Crippen LogP contribution in [0, 0.1) is 0 Å². The summed E-state index contributed by atoms with van der Waals surface area (Å²) in [6, 6.07) is 8.97. The molecule has 6 nitrogen and oxygen atoms in total. The molecule has 112 valence electrons. The molecule has 1 atom stereocenters. The molecule has 0 unspecified atom stereocenters. The van der Waals surface area contributed by atoms with Gasteiger partial charge in [0.05, 0.1) is 25.9 Å². The first-order chi connectivity index (χ1) is 9.62. The number of aliphatic hydroxyl groups excluding tert-OH is 1. The van der Waals surface area contributed by atoms with Crippen LogP contribution in [0.15, 0.2) is 30.3 Å². The molecule has 1 aromatic rings. The Balaban J connectivity index is 1.98. The number of benzene rings is 1. The van der Waals surface area contributed by atoms with E-state index in [9.17, 15) is 13.5 Å². The quantitative estimate of drug-likeness (QED) is 0.760. The van der Waals surface area contributed by atoms with Crippen molar-refractivity contribution in [2.75, 3.05) is 32.9 Å². The van der Waals surface area contributed by atoms with E-state index in [4.69, 9.17) is 4.74 Å². The molecule has 7 heteroatoms. The van der Waals surface area contributed by atoms with E-state index in [1.165, 1.54) is 4.31 Å². The summed E-state index contributed by atoms with van der Waals surface area (Å²) in [6.45, 7) is 1.27. The van der Waals surface area contributed by atoms with Gasteiger partial charge in [-0.05, 0) is 12.0 Å². The number of nitrogens with zero attached hydrogens (tertiary/aromatic N) is 1. The molecule has 1 heterocycles. The fourth-order valence-electron chi connectivity index (χ4n) is 2.11. The molecule has 0 saturated carbocycles. The molecule has 1 aromatic carbocycles. The van der Waals surface area contributed by atoms with Crippen LogP contribution in [0.5, 0.6) is 0 Å². The van der Waals surface area contributed by atoms with E-state index in [2.05, 4.69) is 4.72 Å². The predicted molar refractivity (Wildman–Crippen MR) is 75.5 cm³/mol. The molecule has 0 radical (unpaired) electrons. The lowest BCUT2D eigenvalue weighted by molar-refractivity contribution is 0.0721. The summed E-state index contributed by atoms with van der Waals surface area (Å²) < 4.78 is 33.4. The van der Waals surface area contributed by atoms with Crippen LogP contribution < -0.4 is 4.72 Å². The van der Waals surface area contributed by atoms with Gasteiger partial charge in [0.15, 0.2) is 0 Å². The molecule has 1 aliphatic heterocycles. The highest BCUT2D eigenvalue weighted by Crippen LogP contribution is 2.07. The maximum atomic E-state index is 12.2. The van der Waals surface area contributed by atoms with E-state index in [0.29, 0.717) is 32.7 Å². The lowest BCUT2D eigenvalue weighted by Gasteiger charge is -2.28. The second-order valence-electron chi connectivity index (χ2n) is 4.70. The van der Waals surface area contributed by atoms with Gasteiger partial charge in [-0.25, -0.2) is 0 Å². The summed E-state index contributed by atoms with van der Waals surface area (Å²) in [5.74, 6) is 0. The molecule has 0 aliphatic carbocycles. The minimum absolute atomic E-state index is 0.238. The van der Waals surface area contributed by atoms with Crippen LogP contribution in [0.25, 0.3) is 0 Å². The van der Waals surface area contributed by atoms with Crippen molar-refractivity contribution in [3.8, 4) is 0 Å². The van der Waals surface area contributed by atoms with Crippen molar-refractivity contribution in [1.82, 2.24) is 9.03 Å². The van der Waals surface area contributed by atoms with Gasteiger partial charge in [-0.3, -0.25) is 0 Å². The lowest BCUT2D eigenvalue weighted by Crippen LogP contribution is -2.50. The molecular weight excluding hydrogens is 280 g/mol. The Hall–Kier alpha value is -0.990.